The molecule has 2 saturated heterocycles. The average molecular weight is 321 g/mol. The molecule has 5 heteroatoms. The summed E-state index contributed by atoms with van der Waals surface area (Å²) < 4.78 is 0. The molecule has 3 rings (SSSR count). The van der Waals surface area contributed by atoms with Crippen LogP contribution in [0.1, 0.15) is 58.8 Å². The van der Waals surface area contributed by atoms with E-state index in [9.17, 15) is 9.59 Å². The highest BCUT2D eigenvalue weighted by Crippen LogP contribution is 2.29. The van der Waals surface area contributed by atoms with Crippen molar-refractivity contribution in [1.29, 1.82) is 0 Å². The number of hydrogen-bond acceptors (Lipinski definition) is 3. The van der Waals surface area contributed by atoms with Crippen molar-refractivity contribution in [1.82, 2.24) is 15.1 Å². The molecule has 1 aliphatic carbocycles. The molecule has 3 aliphatic rings. The van der Waals surface area contributed by atoms with Crippen molar-refractivity contribution in [2.75, 3.05) is 19.6 Å². The van der Waals surface area contributed by atoms with Gasteiger partial charge in [-0.05, 0) is 39.5 Å². The zero-order chi connectivity index (χ0) is 16.4. The van der Waals surface area contributed by atoms with E-state index in [4.69, 9.17) is 0 Å². The normalized spacial score (nSPS) is 28.0. The molecule has 0 unspecified atom stereocenters. The van der Waals surface area contributed by atoms with Gasteiger partial charge in [-0.1, -0.05) is 12.8 Å². The van der Waals surface area contributed by atoms with Crippen molar-refractivity contribution in [2.24, 2.45) is 5.92 Å². The van der Waals surface area contributed by atoms with Gasteiger partial charge in [-0.25, -0.2) is 0 Å². The van der Waals surface area contributed by atoms with E-state index in [0.717, 1.165) is 38.8 Å². The lowest BCUT2D eigenvalue weighted by Crippen LogP contribution is -2.48. The lowest BCUT2D eigenvalue weighted by atomic mass is 10.0. The number of piperidine rings is 1. The molecule has 1 N–H and O–H groups in total. The van der Waals surface area contributed by atoms with Gasteiger partial charge in [-0.15, -0.1) is 0 Å². The summed E-state index contributed by atoms with van der Waals surface area (Å²) in [5.74, 6) is 0.153. The monoisotopic (exact) mass is 321 g/mol. The predicted molar refractivity (Wildman–Crippen MR) is 89.9 cm³/mol. The fraction of sp³-hybridized carbons (Fsp3) is 0.889. The van der Waals surface area contributed by atoms with Gasteiger partial charge < -0.3 is 15.1 Å². The smallest absolute Gasteiger partial charge is 0.225 e. The van der Waals surface area contributed by atoms with Crippen molar-refractivity contribution < 1.29 is 9.59 Å². The largest absolute Gasteiger partial charge is 0.353 e. The second kappa shape index (κ2) is 7.20. The first-order valence-corrected chi connectivity index (χ1v) is 9.38. The van der Waals surface area contributed by atoms with Gasteiger partial charge in [0.1, 0.15) is 0 Å². The molecule has 0 aromatic heterocycles. The Hall–Kier alpha value is -1.10. The van der Waals surface area contributed by atoms with Crippen LogP contribution in [0.5, 0.6) is 0 Å². The van der Waals surface area contributed by atoms with Crippen molar-refractivity contribution in [2.45, 2.75) is 76.9 Å². The molecule has 0 aromatic rings. The summed E-state index contributed by atoms with van der Waals surface area (Å²) >= 11 is 0. The lowest BCUT2D eigenvalue weighted by Gasteiger charge is -2.35. The van der Waals surface area contributed by atoms with Crippen LogP contribution in [0.4, 0.5) is 0 Å². The van der Waals surface area contributed by atoms with Crippen LogP contribution in [0.2, 0.25) is 0 Å². The fourth-order valence-electron chi connectivity index (χ4n) is 4.36. The maximum atomic E-state index is 12.5. The Kier molecular flexibility index (Phi) is 5.24. The number of nitrogens with zero attached hydrogens (tertiary/aromatic N) is 2. The van der Waals surface area contributed by atoms with Crippen LogP contribution in [-0.4, -0.2) is 59.4 Å². The molecule has 0 spiro atoms. The Balaban J connectivity index is 1.47. The molecule has 1 saturated carbocycles. The maximum Gasteiger partial charge on any atom is 0.225 e. The first-order chi connectivity index (χ1) is 11.0. The molecule has 2 aliphatic heterocycles. The van der Waals surface area contributed by atoms with E-state index in [1.54, 1.807) is 0 Å². The summed E-state index contributed by atoms with van der Waals surface area (Å²) in [7, 11) is 0. The highest BCUT2D eigenvalue weighted by atomic mass is 16.2. The first kappa shape index (κ1) is 16.7. The van der Waals surface area contributed by atoms with E-state index >= 15 is 0 Å². The summed E-state index contributed by atoms with van der Waals surface area (Å²) in [6.07, 6.45) is 7.14. The van der Waals surface area contributed by atoms with Gasteiger partial charge in [0.15, 0.2) is 0 Å². The summed E-state index contributed by atoms with van der Waals surface area (Å²) in [5, 5.41) is 3.21. The van der Waals surface area contributed by atoms with Gasteiger partial charge in [-0.2, -0.15) is 0 Å². The number of carbonyl (C=O) groups is 2. The van der Waals surface area contributed by atoms with Crippen LogP contribution in [0, 0.1) is 5.92 Å². The SMILES string of the molecule is CC(C)N1CCC(NC(=O)[C@H]2CC(=O)N(C3CCCC3)C2)CC1. The van der Waals surface area contributed by atoms with Crippen molar-refractivity contribution in [3.63, 3.8) is 0 Å². The van der Waals surface area contributed by atoms with Gasteiger partial charge in [0, 0.05) is 44.2 Å². The maximum absolute atomic E-state index is 12.5. The average Bonchev–Trinajstić information content (AvgIpc) is 3.16. The third-order valence-electron chi connectivity index (χ3n) is 5.90. The van der Waals surface area contributed by atoms with Gasteiger partial charge in [0.2, 0.25) is 11.8 Å². The lowest BCUT2D eigenvalue weighted by molar-refractivity contribution is -0.130. The van der Waals surface area contributed by atoms with E-state index in [2.05, 4.69) is 24.1 Å². The Morgan fingerprint density at radius 3 is 2.39 bits per heavy atom. The van der Waals surface area contributed by atoms with Crippen LogP contribution in [0.25, 0.3) is 0 Å². The van der Waals surface area contributed by atoms with E-state index < -0.39 is 0 Å². The van der Waals surface area contributed by atoms with Crippen LogP contribution in [0.15, 0.2) is 0 Å². The highest BCUT2D eigenvalue weighted by Gasteiger charge is 2.39. The van der Waals surface area contributed by atoms with Crippen LogP contribution in [-0.2, 0) is 9.59 Å². The van der Waals surface area contributed by atoms with Gasteiger partial charge >= 0.3 is 0 Å². The number of rotatable bonds is 4. The summed E-state index contributed by atoms with van der Waals surface area (Å²) in [6.45, 7) is 7.20. The standard InChI is InChI=1S/C18H31N3O2/c1-13(2)20-9-7-15(8-10-20)19-18(23)14-11-17(22)21(12-14)16-5-3-4-6-16/h13-16H,3-12H2,1-2H3,(H,19,23)/t14-/m0/s1. The Morgan fingerprint density at radius 1 is 1.13 bits per heavy atom. The zero-order valence-corrected chi connectivity index (χ0v) is 14.6. The zero-order valence-electron chi connectivity index (χ0n) is 14.6. The number of likely N-dealkylation sites (tertiary alicyclic amines) is 2. The Morgan fingerprint density at radius 2 is 1.78 bits per heavy atom. The molecule has 0 radical (unpaired) electrons. The Labute approximate surface area is 139 Å². The fourth-order valence-corrected chi connectivity index (χ4v) is 4.36. The molecule has 130 valence electrons. The van der Waals surface area contributed by atoms with Crippen molar-refractivity contribution in [3.05, 3.63) is 0 Å². The summed E-state index contributed by atoms with van der Waals surface area (Å²) in [6, 6.07) is 1.27. The molecular weight excluding hydrogens is 290 g/mol. The third kappa shape index (κ3) is 3.87. The quantitative estimate of drug-likeness (QED) is 0.858. The van der Waals surface area contributed by atoms with Crippen LogP contribution in [0.3, 0.4) is 0 Å². The predicted octanol–water partition coefficient (Wildman–Crippen LogP) is 1.77. The van der Waals surface area contributed by atoms with E-state index in [1.165, 1.54) is 12.8 Å². The topological polar surface area (TPSA) is 52.7 Å². The molecule has 2 amide bonds. The molecule has 2 heterocycles. The summed E-state index contributed by atoms with van der Waals surface area (Å²) in [5.41, 5.74) is 0. The van der Waals surface area contributed by atoms with Crippen molar-refractivity contribution >= 4 is 11.8 Å². The minimum absolute atomic E-state index is 0.0989. The number of nitrogens with one attached hydrogen (secondary N) is 1. The second-order valence-corrected chi connectivity index (χ2v) is 7.80. The molecule has 23 heavy (non-hydrogen) atoms. The minimum Gasteiger partial charge on any atom is -0.353 e. The van der Waals surface area contributed by atoms with Crippen molar-refractivity contribution in [3.8, 4) is 0 Å². The van der Waals surface area contributed by atoms with Crippen LogP contribution >= 0.6 is 0 Å². The summed E-state index contributed by atoms with van der Waals surface area (Å²) in [4.78, 5) is 29.2. The molecule has 5 nitrogen and oxygen atoms in total. The molecule has 0 bridgehead atoms. The van der Waals surface area contributed by atoms with E-state index in [-0.39, 0.29) is 23.8 Å². The first-order valence-electron chi connectivity index (χ1n) is 9.38. The molecule has 1 atom stereocenters. The number of hydrogen-bond donors (Lipinski definition) is 1. The Bertz CT molecular complexity index is 438. The minimum atomic E-state index is -0.133. The van der Waals surface area contributed by atoms with Crippen LogP contribution < -0.4 is 5.32 Å². The second-order valence-electron chi connectivity index (χ2n) is 7.80. The number of carbonyl (C=O) groups excluding carboxylic acids is 2. The van der Waals surface area contributed by atoms with E-state index in [1.807, 2.05) is 4.90 Å². The van der Waals surface area contributed by atoms with Gasteiger partial charge in [0.25, 0.3) is 0 Å². The molecule has 3 fully saturated rings. The number of amides is 2. The van der Waals surface area contributed by atoms with E-state index in [0.29, 0.717) is 25.0 Å². The third-order valence-corrected chi connectivity index (χ3v) is 5.90. The highest BCUT2D eigenvalue weighted by molar-refractivity contribution is 5.89. The van der Waals surface area contributed by atoms with Gasteiger partial charge in [0.05, 0.1) is 5.92 Å². The van der Waals surface area contributed by atoms with Gasteiger partial charge in [-0.3, -0.25) is 9.59 Å². The molecule has 0 aromatic carbocycles. The molecular formula is C18H31N3O2.